The second-order valence-corrected chi connectivity index (χ2v) is 7.81. The molecule has 2 aromatic carbocycles. The van der Waals surface area contributed by atoms with E-state index in [4.69, 9.17) is 16.3 Å². The van der Waals surface area contributed by atoms with E-state index < -0.39 is 17.4 Å². The van der Waals surface area contributed by atoms with Crippen LogP contribution in [0, 0.1) is 5.82 Å². The van der Waals surface area contributed by atoms with Crippen LogP contribution in [0.3, 0.4) is 0 Å². The fraction of sp³-hybridized carbons (Fsp3) is 0.286. The molecule has 10 heteroatoms. The minimum atomic E-state index is -1.02. The molecule has 3 aromatic rings. The molecule has 8 nitrogen and oxygen atoms in total. The third-order valence-electron chi connectivity index (χ3n) is 5.55. The number of nitrogens with one attached hydrogen (secondary N) is 2. The summed E-state index contributed by atoms with van der Waals surface area (Å²) in [5.74, 6) is 0.276. The van der Waals surface area contributed by atoms with E-state index in [1.54, 1.807) is 24.3 Å². The Labute approximate surface area is 183 Å². The van der Waals surface area contributed by atoms with Crippen LogP contribution in [-0.2, 0) is 5.54 Å². The van der Waals surface area contributed by atoms with Crippen molar-refractivity contribution in [3.8, 4) is 5.75 Å². The molecule has 1 atom stereocenters. The second kappa shape index (κ2) is 8.16. The fourth-order valence-electron chi connectivity index (χ4n) is 3.91. The van der Waals surface area contributed by atoms with Gasteiger partial charge in [0.15, 0.2) is 5.82 Å². The molecule has 1 amide bonds. The maximum Gasteiger partial charge on any atom is 0.408 e. The monoisotopic (exact) mass is 445 g/mol. The summed E-state index contributed by atoms with van der Waals surface area (Å²) in [6.07, 6.45) is 0.342. The van der Waals surface area contributed by atoms with Crippen molar-refractivity contribution in [3.63, 3.8) is 0 Å². The molecule has 1 aromatic heterocycles. The number of halogens is 2. The van der Waals surface area contributed by atoms with E-state index in [-0.39, 0.29) is 10.7 Å². The number of carboxylic acid groups (broad SMARTS) is 1. The topological polar surface area (TPSA) is 99.6 Å². The van der Waals surface area contributed by atoms with Crippen LogP contribution in [0.2, 0.25) is 5.02 Å². The maximum absolute atomic E-state index is 14.4. The van der Waals surface area contributed by atoms with Gasteiger partial charge in [0.25, 0.3) is 0 Å². The standard InChI is InChI=1S/C21H21ClFN5O3/c1-21(10-24-6-7-28(21)20(29)30)13-8-12-16(9-17(13)31-2)25-11-26-19(12)27-15-5-3-4-14(22)18(15)23/h3-5,8-9,11,24H,6-7,10H2,1-2H3,(H,29,30)(H,25,26,27). The van der Waals surface area contributed by atoms with Gasteiger partial charge in [0, 0.05) is 36.7 Å². The van der Waals surface area contributed by atoms with E-state index in [0.29, 0.717) is 47.7 Å². The van der Waals surface area contributed by atoms with Gasteiger partial charge < -0.3 is 20.5 Å². The molecular weight excluding hydrogens is 425 g/mol. The van der Waals surface area contributed by atoms with Crippen LogP contribution in [0.5, 0.6) is 5.75 Å². The Kier molecular flexibility index (Phi) is 5.55. The van der Waals surface area contributed by atoms with Crippen LogP contribution in [-0.4, -0.2) is 52.8 Å². The smallest absolute Gasteiger partial charge is 0.408 e. The van der Waals surface area contributed by atoms with Crippen LogP contribution in [0.25, 0.3) is 10.9 Å². The first kappa shape index (κ1) is 21.1. The lowest BCUT2D eigenvalue weighted by Crippen LogP contribution is -2.59. The minimum absolute atomic E-state index is 0.0105. The number of aromatic nitrogens is 2. The van der Waals surface area contributed by atoms with Gasteiger partial charge in [-0.25, -0.2) is 19.2 Å². The summed E-state index contributed by atoms with van der Waals surface area (Å²) in [5, 5.41) is 16.6. The van der Waals surface area contributed by atoms with E-state index in [9.17, 15) is 14.3 Å². The first-order valence-electron chi connectivity index (χ1n) is 9.60. The van der Waals surface area contributed by atoms with Crippen molar-refractivity contribution in [2.75, 3.05) is 32.1 Å². The number of methoxy groups -OCH3 is 1. The highest BCUT2D eigenvalue weighted by Gasteiger charge is 2.41. The zero-order chi connectivity index (χ0) is 22.2. The van der Waals surface area contributed by atoms with E-state index in [1.807, 2.05) is 6.92 Å². The van der Waals surface area contributed by atoms with E-state index in [0.717, 1.165) is 0 Å². The highest BCUT2D eigenvalue weighted by Crippen LogP contribution is 2.40. The largest absolute Gasteiger partial charge is 0.496 e. The summed E-state index contributed by atoms with van der Waals surface area (Å²) in [7, 11) is 1.52. The van der Waals surface area contributed by atoms with Crippen molar-refractivity contribution in [3.05, 3.63) is 53.1 Å². The number of piperazine rings is 1. The van der Waals surface area contributed by atoms with Gasteiger partial charge in [-0.15, -0.1) is 0 Å². The molecule has 1 aliphatic heterocycles. The molecule has 31 heavy (non-hydrogen) atoms. The zero-order valence-electron chi connectivity index (χ0n) is 16.9. The third-order valence-corrected chi connectivity index (χ3v) is 5.84. The summed E-state index contributed by atoms with van der Waals surface area (Å²) in [5.41, 5.74) is 0.497. The fourth-order valence-corrected chi connectivity index (χ4v) is 4.09. The number of amides is 1. The highest BCUT2D eigenvalue weighted by atomic mass is 35.5. The highest BCUT2D eigenvalue weighted by molar-refractivity contribution is 6.31. The lowest BCUT2D eigenvalue weighted by molar-refractivity contribution is 0.0639. The van der Waals surface area contributed by atoms with Gasteiger partial charge in [-0.1, -0.05) is 17.7 Å². The molecule has 0 saturated carbocycles. The average molecular weight is 446 g/mol. The summed E-state index contributed by atoms with van der Waals surface area (Å²) < 4.78 is 20.0. The van der Waals surface area contributed by atoms with Gasteiger partial charge in [0.2, 0.25) is 0 Å². The van der Waals surface area contributed by atoms with Crippen molar-refractivity contribution >= 4 is 40.1 Å². The number of hydrogen-bond donors (Lipinski definition) is 3. The van der Waals surface area contributed by atoms with E-state index >= 15 is 0 Å². The van der Waals surface area contributed by atoms with Crippen molar-refractivity contribution in [2.24, 2.45) is 0 Å². The van der Waals surface area contributed by atoms with Gasteiger partial charge >= 0.3 is 6.09 Å². The number of hydrogen-bond acceptors (Lipinski definition) is 6. The van der Waals surface area contributed by atoms with Crippen LogP contribution >= 0.6 is 11.6 Å². The molecule has 1 unspecified atom stereocenters. The summed E-state index contributed by atoms with van der Waals surface area (Å²) in [6.45, 7) is 3.13. The van der Waals surface area contributed by atoms with Crippen LogP contribution in [0.15, 0.2) is 36.7 Å². The number of rotatable bonds is 4. The molecule has 3 N–H and O–H groups in total. The zero-order valence-corrected chi connectivity index (χ0v) is 17.7. The van der Waals surface area contributed by atoms with Crippen molar-refractivity contribution in [1.82, 2.24) is 20.2 Å². The van der Waals surface area contributed by atoms with Gasteiger partial charge in [0.1, 0.15) is 17.9 Å². The summed E-state index contributed by atoms with van der Waals surface area (Å²) in [6, 6.07) is 8.16. The molecule has 1 aliphatic rings. The van der Waals surface area contributed by atoms with Crippen molar-refractivity contribution in [1.29, 1.82) is 0 Å². The molecule has 0 spiro atoms. The Morgan fingerprint density at radius 3 is 2.94 bits per heavy atom. The second-order valence-electron chi connectivity index (χ2n) is 7.40. The van der Waals surface area contributed by atoms with Crippen molar-refractivity contribution in [2.45, 2.75) is 12.5 Å². The molecule has 162 valence electrons. The molecule has 4 rings (SSSR count). The normalized spacial score (nSPS) is 18.8. The maximum atomic E-state index is 14.4. The predicted molar refractivity (Wildman–Crippen MR) is 116 cm³/mol. The SMILES string of the molecule is COc1cc2ncnc(Nc3cccc(Cl)c3F)c2cc1C1(C)CNCCN1C(=O)O. The van der Waals surface area contributed by atoms with Gasteiger partial charge in [-0.3, -0.25) is 4.90 Å². The minimum Gasteiger partial charge on any atom is -0.496 e. The number of benzene rings is 2. The molecule has 0 aliphatic carbocycles. The molecular formula is C21H21ClFN5O3. The van der Waals surface area contributed by atoms with Gasteiger partial charge in [-0.2, -0.15) is 0 Å². The number of anilines is 2. The molecule has 0 bridgehead atoms. The Hall–Kier alpha value is -3.17. The molecule has 0 radical (unpaired) electrons. The molecule has 1 saturated heterocycles. The number of carbonyl (C=O) groups is 1. The molecule has 2 heterocycles. The number of fused-ring (bicyclic) bond motifs is 1. The first-order valence-corrected chi connectivity index (χ1v) is 9.98. The van der Waals surface area contributed by atoms with Crippen LogP contribution in [0.4, 0.5) is 20.7 Å². The predicted octanol–water partition coefficient (Wildman–Crippen LogP) is 3.97. The van der Waals surface area contributed by atoms with E-state index in [1.165, 1.54) is 24.4 Å². The Balaban J connectivity index is 1.88. The average Bonchev–Trinajstić information content (AvgIpc) is 2.76. The number of ether oxygens (including phenoxy) is 1. The third kappa shape index (κ3) is 3.70. The lowest BCUT2D eigenvalue weighted by Gasteiger charge is -2.44. The Bertz CT molecular complexity index is 1160. The summed E-state index contributed by atoms with van der Waals surface area (Å²) >= 11 is 5.90. The lowest BCUT2D eigenvalue weighted by atomic mass is 9.86. The van der Waals surface area contributed by atoms with E-state index in [2.05, 4.69) is 20.6 Å². The van der Waals surface area contributed by atoms with Gasteiger partial charge in [0.05, 0.1) is 28.9 Å². The van der Waals surface area contributed by atoms with Gasteiger partial charge in [-0.05, 0) is 25.1 Å². The quantitative estimate of drug-likeness (QED) is 0.558. The van der Waals surface area contributed by atoms with Crippen LogP contribution < -0.4 is 15.4 Å². The Morgan fingerprint density at radius 1 is 1.39 bits per heavy atom. The number of nitrogens with zero attached hydrogens (tertiary/aromatic N) is 3. The van der Waals surface area contributed by atoms with Crippen molar-refractivity contribution < 1.29 is 19.0 Å². The summed E-state index contributed by atoms with van der Waals surface area (Å²) in [4.78, 5) is 21.9. The Morgan fingerprint density at radius 2 is 2.19 bits per heavy atom. The van der Waals surface area contributed by atoms with Crippen LogP contribution in [0.1, 0.15) is 12.5 Å². The first-order chi connectivity index (χ1) is 14.8. The molecule has 1 fully saturated rings.